The van der Waals surface area contributed by atoms with Crippen molar-refractivity contribution >= 4 is 11.6 Å². The second-order valence-electron chi connectivity index (χ2n) is 3.70. The highest BCUT2D eigenvalue weighted by molar-refractivity contribution is 6.30. The van der Waals surface area contributed by atoms with E-state index in [1.165, 1.54) is 0 Å². The number of aryl methyl sites for hydroxylation is 1. The molecule has 0 aliphatic rings. The van der Waals surface area contributed by atoms with Crippen LogP contribution in [0.3, 0.4) is 0 Å². The molecular weight excluding hydrogens is 222 g/mol. The molecule has 0 saturated carbocycles. The highest BCUT2D eigenvalue weighted by Crippen LogP contribution is 2.21. The van der Waals surface area contributed by atoms with Gasteiger partial charge in [0.05, 0.1) is 5.69 Å². The van der Waals surface area contributed by atoms with Crippen LogP contribution in [0.5, 0.6) is 0 Å². The van der Waals surface area contributed by atoms with Crippen molar-refractivity contribution in [3.63, 3.8) is 0 Å². The van der Waals surface area contributed by atoms with E-state index in [2.05, 4.69) is 15.3 Å². The van der Waals surface area contributed by atoms with Gasteiger partial charge in [0, 0.05) is 22.8 Å². The SMILES string of the molecule is CNCc1nc(-c2cccc(Cl)c2)[nH]c1C. The molecule has 0 saturated heterocycles. The molecular formula is C12H14ClN3. The molecule has 84 valence electrons. The maximum Gasteiger partial charge on any atom is 0.137 e. The molecule has 0 radical (unpaired) electrons. The van der Waals surface area contributed by atoms with E-state index in [0.717, 1.165) is 34.3 Å². The molecule has 2 N–H and O–H groups in total. The van der Waals surface area contributed by atoms with Crippen LogP contribution in [0.1, 0.15) is 11.4 Å². The smallest absolute Gasteiger partial charge is 0.137 e. The second kappa shape index (κ2) is 4.68. The van der Waals surface area contributed by atoms with Gasteiger partial charge in [-0.2, -0.15) is 0 Å². The van der Waals surface area contributed by atoms with Crippen LogP contribution in [0.2, 0.25) is 5.02 Å². The lowest BCUT2D eigenvalue weighted by atomic mass is 10.2. The van der Waals surface area contributed by atoms with Gasteiger partial charge in [-0.05, 0) is 26.1 Å². The third kappa shape index (κ3) is 2.26. The Hall–Kier alpha value is -1.32. The first kappa shape index (κ1) is 11.2. The van der Waals surface area contributed by atoms with Gasteiger partial charge >= 0.3 is 0 Å². The maximum atomic E-state index is 5.95. The molecule has 0 spiro atoms. The summed E-state index contributed by atoms with van der Waals surface area (Å²) in [5.41, 5.74) is 3.14. The lowest BCUT2D eigenvalue weighted by Gasteiger charge is -1.96. The number of nitrogens with one attached hydrogen (secondary N) is 2. The van der Waals surface area contributed by atoms with Crippen LogP contribution in [0.4, 0.5) is 0 Å². The van der Waals surface area contributed by atoms with E-state index in [1.807, 2.05) is 38.2 Å². The summed E-state index contributed by atoms with van der Waals surface area (Å²) in [7, 11) is 1.91. The fourth-order valence-electron chi connectivity index (χ4n) is 1.61. The Morgan fingerprint density at radius 2 is 2.25 bits per heavy atom. The number of rotatable bonds is 3. The lowest BCUT2D eigenvalue weighted by Crippen LogP contribution is -2.06. The van der Waals surface area contributed by atoms with Gasteiger partial charge in [-0.3, -0.25) is 0 Å². The molecule has 0 unspecified atom stereocenters. The van der Waals surface area contributed by atoms with Gasteiger partial charge in [0.1, 0.15) is 5.82 Å². The number of imidazole rings is 1. The third-order valence-electron chi connectivity index (χ3n) is 2.43. The van der Waals surface area contributed by atoms with Crippen LogP contribution < -0.4 is 5.32 Å². The van der Waals surface area contributed by atoms with Gasteiger partial charge in [0.25, 0.3) is 0 Å². The van der Waals surface area contributed by atoms with Crippen LogP contribution in [0.25, 0.3) is 11.4 Å². The molecule has 16 heavy (non-hydrogen) atoms. The number of benzene rings is 1. The molecule has 0 atom stereocenters. The Labute approximate surface area is 99.9 Å². The Bertz CT molecular complexity index is 491. The van der Waals surface area contributed by atoms with Crippen molar-refractivity contribution in [1.82, 2.24) is 15.3 Å². The topological polar surface area (TPSA) is 40.7 Å². The zero-order valence-corrected chi connectivity index (χ0v) is 10.1. The second-order valence-corrected chi connectivity index (χ2v) is 4.13. The van der Waals surface area contributed by atoms with E-state index in [9.17, 15) is 0 Å². The van der Waals surface area contributed by atoms with Crippen LogP contribution in [0, 0.1) is 6.92 Å². The molecule has 0 fully saturated rings. The first-order chi connectivity index (χ1) is 7.70. The quantitative estimate of drug-likeness (QED) is 0.859. The van der Waals surface area contributed by atoms with E-state index in [4.69, 9.17) is 11.6 Å². The Balaban J connectivity index is 2.37. The molecule has 0 amide bonds. The monoisotopic (exact) mass is 235 g/mol. The molecule has 3 nitrogen and oxygen atoms in total. The number of H-pyrrole nitrogens is 1. The molecule has 2 rings (SSSR count). The van der Waals surface area contributed by atoms with Gasteiger partial charge in [-0.15, -0.1) is 0 Å². The summed E-state index contributed by atoms with van der Waals surface area (Å²) < 4.78 is 0. The number of aromatic amines is 1. The molecule has 4 heteroatoms. The maximum absolute atomic E-state index is 5.95. The van der Waals surface area contributed by atoms with Crippen molar-refractivity contribution in [3.05, 3.63) is 40.7 Å². The number of aromatic nitrogens is 2. The summed E-state index contributed by atoms with van der Waals surface area (Å²) in [6, 6.07) is 7.68. The summed E-state index contributed by atoms with van der Waals surface area (Å²) in [5, 5.41) is 3.82. The first-order valence-corrected chi connectivity index (χ1v) is 5.54. The van der Waals surface area contributed by atoms with Crippen molar-refractivity contribution in [2.45, 2.75) is 13.5 Å². The summed E-state index contributed by atoms with van der Waals surface area (Å²) >= 11 is 5.95. The van der Waals surface area contributed by atoms with Gasteiger partial charge in [-0.25, -0.2) is 4.98 Å². The van der Waals surface area contributed by atoms with E-state index < -0.39 is 0 Å². The normalized spacial score (nSPS) is 10.7. The minimum atomic E-state index is 0.724. The minimum absolute atomic E-state index is 0.724. The van der Waals surface area contributed by atoms with E-state index in [0.29, 0.717) is 0 Å². The van der Waals surface area contributed by atoms with Crippen LogP contribution in [-0.2, 0) is 6.54 Å². The van der Waals surface area contributed by atoms with Crippen LogP contribution >= 0.6 is 11.6 Å². The number of nitrogens with zero attached hydrogens (tertiary/aromatic N) is 1. The number of hydrogen-bond donors (Lipinski definition) is 2. The van der Waals surface area contributed by atoms with Crippen molar-refractivity contribution in [2.75, 3.05) is 7.05 Å². The van der Waals surface area contributed by atoms with E-state index in [-0.39, 0.29) is 0 Å². The van der Waals surface area contributed by atoms with Crippen molar-refractivity contribution in [1.29, 1.82) is 0 Å². The summed E-state index contributed by atoms with van der Waals surface area (Å²) in [4.78, 5) is 7.80. The molecule has 0 bridgehead atoms. The predicted octanol–water partition coefficient (Wildman–Crippen LogP) is 2.76. The molecule has 1 aromatic carbocycles. The lowest BCUT2D eigenvalue weighted by molar-refractivity contribution is 0.791. The van der Waals surface area contributed by atoms with Crippen LogP contribution in [0.15, 0.2) is 24.3 Å². The van der Waals surface area contributed by atoms with Crippen molar-refractivity contribution in [2.24, 2.45) is 0 Å². The van der Waals surface area contributed by atoms with E-state index >= 15 is 0 Å². The van der Waals surface area contributed by atoms with E-state index in [1.54, 1.807) is 0 Å². The largest absolute Gasteiger partial charge is 0.342 e. The predicted molar refractivity (Wildman–Crippen MR) is 66.5 cm³/mol. The molecule has 1 heterocycles. The van der Waals surface area contributed by atoms with Crippen LogP contribution in [-0.4, -0.2) is 17.0 Å². The van der Waals surface area contributed by atoms with Gasteiger partial charge in [-0.1, -0.05) is 23.7 Å². The molecule has 1 aromatic heterocycles. The number of hydrogen-bond acceptors (Lipinski definition) is 2. The third-order valence-corrected chi connectivity index (χ3v) is 2.66. The zero-order chi connectivity index (χ0) is 11.5. The summed E-state index contributed by atoms with van der Waals surface area (Å²) in [6.07, 6.45) is 0. The summed E-state index contributed by atoms with van der Waals surface area (Å²) in [5.74, 6) is 0.866. The molecule has 0 aliphatic heterocycles. The van der Waals surface area contributed by atoms with Gasteiger partial charge in [0.2, 0.25) is 0 Å². The minimum Gasteiger partial charge on any atom is -0.342 e. The van der Waals surface area contributed by atoms with Crippen molar-refractivity contribution < 1.29 is 0 Å². The number of halogens is 1. The average molecular weight is 236 g/mol. The Kier molecular flexibility index (Phi) is 3.27. The zero-order valence-electron chi connectivity index (χ0n) is 9.34. The summed E-state index contributed by atoms with van der Waals surface area (Å²) in [6.45, 7) is 2.79. The highest BCUT2D eigenvalue weighted by Gasteiger charge is 2.07. The molecule has 2 aromatic rings. The van der Waals surface area contributed by atoms with Gasteiger partial charge in [0.15, 0.2) is 0 Å². The van der Waals surface area contributed by atoms with Crippen molar-refractivity contribution in [3.8, 4) is 11.4 Å². The fourth-order valence-corrected chi connectivity index (χ4v) is 1.80. The molecule has 0 aliphatic carbocycles. The Morgan fingerprint density at radius 3 is 2.94 bits per heavy atom. The van der Waals surface area contributed by atoms with Gasteiger partial charge < -0.3 is 10.3 Å². The average Bonchev–Trinajstić information content (AvgIpc) is 2.61. The first-order valence-electron chi connectivity index (χ1n) is 5.16. The fraction of sp³-hybridized carbons (Fsp3) is 0.250. The standard InChI is InChI=1S/C12H14ClN3/c1-8-11(7-14-2)16-12(15-8)9-4-3-5-10(13)6-9/h3-6,14H,7H2,1-2H3,(H,15,16). The highest BCUT2D eigenvalue weighted by atomic mass is 35.5. The Morgan fingerprint density at radius 1 is 1.44 bits per heavy atom.